The van der Waals surface area contributed by atoms with Gasteiger partial charge in [0.05, 0.1) is 16.9 Å². The van der Waals surface area contributed by atoms with Crippen molar-refractivity contribution in [2.24, 2.45) is 0 Å². The molecule has 0 unspecified atom stereocenters. The average Bonchev–Trinajstić information content (AvgIpc) is 3.20. The Morgan fingerprint density at radius 1 is 0.833 bits per heavy atom. The highest BCUT2D eigenvalue weighted by atomic mass is 32.1. The number of pyridine rings is 2. The van der Waals surface area contributed by atoms with Crippen molar-refractivity contribution < 1.29 is 8.78 Å². The summed E-state index contributed by atoms with van der Waals surface area (Å²) >= 11 is 5.58. The molecular formula is C27H18F2N6S. The van der Waals surface area contributed by atoms with Gasteiger partial charge in [-0.1, -0.05) is 6.07 Å². The maximum absolute atomic E-state index is 13.6. The first-order valence-electron chi connectivity index (χ1n) is 11.3. The second-order valence-electron chi connectivity index (χ2n) is 8.33. The van der Waals surface area contributed by atoms with Crippen LogP contribution < -0.4 is 0 Å². The molecule has 1 N–H and O–H groups in total. The molecule has 176 valence electrons. The van der Waals surface area contributed by atoms with Gasteiger partial charge < -0.3 is 9.55 Å². The highest BCUT2D eigenvalue weighted by Gasteiger charge is 2.17. The van der Waals surface area contributed by atoms with Gasteiger partial charge in [0.15, 0.2) is 16.1 Å². The molecule has 0 saturated carbocycles. The van der Waals surface area contributed by atoms with E-state index in [9.17, 15) is 8.78 Å². The summed E-state index contributed by atoms with van der Waals surface area (Å²) in [5.41, 5.74) is 5.93. The van der Waals surface area contributed by atoms with Gasteiger partial charge in [-0.3, -0.25) is 4.98 Å². The Bertz CT molecular complexity index is 1760. The molecule has 4 heterocycles. The number of nitrogens with zero attached hydrogens (tertiary/aromatic N) is 5. The zero-order valence-electron chi connectivity index (χ0n) is 18.8. The smallest absolute Gasteiger partial charge is 0.181 e. The number of H-pyrrole nitrogens is 1. The molecule has 6 aromatic rings. The van der Waals surface area contributed by atoms with Crippen molar-refractivity contribution in [1.82, 2.24) is 29.5 Å². The van der Waals surface area contributed by atoms with Gasteiger partial charge in [-0.15, -0.1) is 0 Å². The molecular weight excluding hydrogens is 478 g/mol. The van der Waals surface area contributed by atoms with E-state index in [-0.39, 0.29) is 11.6 Å². The number of aryl methyl sites for hydroxylation is 2. The topological polar surface area (TPSA) is 72.3 Å². The molecule has 0 bridgehead atoms. The summed E-state index contributed by atoms with van der Waals surface area (Å²) in [6, 6.07) is 17.8. The normalized spacial score (nSPS) is 11.4. The van der Waals surface area contributed by atoms with E-state index >= 15 is 0 Å². The van der Waals surface area contributed by atoms with Gasteiger partial charge in [0, 0.05) is 30.1 Å². The van der Waals surface area contributed by atoms with Gasteiger partial charge in [-0.05, 0) is 84.9 Å². The van der Waals surface area contributed by atoms with Gasteiger partial charge in [-0.25, -0.2) is 23.7 Å². The van der Waals surface area contributed by atoms with Crippen LogP contribution in [0.15, 0.2) is 79.1 Å². The first-order valence-corrected chi connectivity index (χ1v) is 11.7. The Morgan fingerprint density at radius 3 is 2.14 bits per heavy atom. The number of rotatable bonds is 5. The molecule has 0 saturated heterocycles. The van der Waals surface area contributed by atoms with E-state index < -0.39 is 0 Å². The second kappa shape index (κ2) is 9.01. The lowest BCUT2D eigenvalue weighted by Gasteiger charge is -2.11. The number of aromatic nitrogens is 6. The van der Waals surface area contributed by atoms with Crippen molar-refractivity contribution in [2.45, 2.75) is 13.0 Å². The summed E-state index contributed by atoms with van der Waals surface area (Å²) < 4.78 is 29.7. The van der Waals surface area contributed by atoms with E-state index in [1.165, 1.54) is 24.3 Å². The minimum absolute atomic E-state index is 0.348. The van der Waals surface area contributed by atoms with E-state index in [0.717, 1.165) is 17.5 Å². The molecule has 6 rings (SSSR count). The fourth-order valence-electron chi connectivity index (χ4n) is 4.17. The molecule has 0 atom stereocenters. The highest BCUT2D eigenvalue weighted by Crippen LogP contribution is 2.31. The van der Waals surface area contributed by atoms with Crippen LogP contribution in [-0.4, -0.2) is 29.5 Å². The first-order chi connectivity index (χ1) is 17.5. The summed E-state index contributed by atoms with van der Waals surface area (Å²) in [5.74, 6) is -0.699. The Kier molecular flexibility index (Phi) is 5.54. The molecule has 0 aliphatic rings. The summed E-state index contributed by atoms with van der Waals surface area (Å²) in [4.78, 5) is 21.9. The number of benzene rings is 2. The molecule has 0 amide bonds. The fraction of sp³-hybridized carbons (Fsp3) is 0.0741. The van der Waals surface area contributed by atoms with E-state index in [0.29, 0.717) is 50.6 Å². The molecule has 0 aliphatic carbocycles. The Labute approximate surface area is 209 Å². The second-order valence-corrected chi connectivity index (χ2v) is 8.72. The number of fused-ring (bicyclic) bond motifs is 2. The van der Waals surface area contributed by atoms with Crippen LogP contribution in [0.4, 0.5) is 8.78 Å². The monoisotopic (exact) mass is 496 g/mol. The summed E-state index contributed by atoms with van der Waals surface area (Å²) in [6.45, 7) is 0.620. The van der Waals surface area contributed by atoms with Crippen molar-refractivity contribution in [3.05, 3.63) is 101 Å². The van der Waals surface area contributed by atoms with E-state index in [1.54, 1.807) is 30.5 Å². The molecule has 36 heavy (non-hydrogen) atoms. The third kappa shape index (κ3) is 4.14. The number of imidazole rings is 1. The van der Waals surface area contributed by atoms with E-state index in [1.807, 2.05) is 29.0 Å². The van der Waals surface area contributed by atoms with Gasteiger partial charge >= 0.3 is 0 Å². The predicted molar refractivity (Wildman–Crippen MR) is 137 cm³/mol. The van der Waals surface area contributed by atoms with Crippen LogP contribution in [0.5, 0.6) is 0 Å². The van der Waals surface area contributed by atoms with Gasteiger partial charge in [0.1, 0.15) is 17.2 Å². The lowest BCUT2D eigenvalue weighted by atomic mass is 10.0. The summed E-state index contributed by atoms with van der Waals surface area (Å²) in [7, 11) is 0. The number of halogens is 2. The van der Waals surface area contributed by atoms with E-state index in [4.69, 9.17) is 27.2 Å². The molecule has 9 heteroatoms. The minimum Gasteiger partial charge on any atom is -0.329 e. The molecule has 2 aromatic carbocycles. The van der Waals surface area contributed by atoms with Gasteiger partial charge in [0.2, 0.25) is 0 Å². The Balaban J connectivity index is 1.52. The lowest BCUT2D eigenvalue weighted by Crippen LogP contribution is -2.04. The highest BCUT2D eigenvalue weighted by molar-refractivity contribution is 7.71. The van der Waals surface area contributed by atoms with Crippen molar-refractivity contribution in [1.29, 1.82) is 0 Å². The molecule has 4 aromatic heterocycles. The van der Waals surface area contributed by atoms with Gasteiger partial charge in [-0.2, -0.15) is 0 Å². The largest absolute Gasteiger partial charge is 0.329 e. The molecule has 6 nitrogen and oxygen atoms in total. The number of hydrogen-bond acceptors (Lipinski definition) is 5. The van der Waals surface area contributed by atoms with Crippen LogP contribution in [0.2, 0.25) is 0 Å². The minimum atomic E-state index is -0.351. The Morgan fingerprint density at radius 2 is 1.50 bits per heavy atom. The zero-order valence-corrected chi connectivity index (χ0v) is 19.6. The standard InChI is InChI=1S/C27H18F2N6S/c28-19-7-3-17(4-8-19)23-24(18-5-9-20(29)10-6-18)33-25-21(31-23)14-22-26(34-25)35(27(36)32-22)13-11-16-2-1-12-30-15-16/h1-10,12,14-15H,11,13H2,(H,32,36). The molecule has 0 aliphatic heterocycles. The molecule has 0 spiro atoms. The van der Waals surface area contributed by atoms with Crippen molar-refractivity contribution >= 4 is 34.5 Å². The maximum atomic E-state index is 13.6. The van der Waals surface area contributed by atoms with Crippen LogP contribution in [-0.2, 0) is 13.0 Å². The van der Waals surface area contributed by atoms with Crippen LogP contribution in [0, 0.1) is 16.4 Å². The Hall–Kier alpha value is -4.37. The number of hydrogen-bond donors (Lipinski definition) is 1. The van der Waals surface area contributed by atoms with Crippen molar-refractivity contribution in [2.75, 3.05) is 0 Å². The van der Waals surface area contributed by atoms with Crippen LogP contribution in [0.1, 0.15) is 5.56 Å². The predicted octanol–water partition coefficient (Wildman–Crippen LogP) is 6.29. The maximum Gasteiger partial charge on any atom is 0.181 e. The van der Waals surface area contributed by atoms with Crippen LogP contribution in [0.25, 0.3) is 44.8 Å². The molecule has 0 radical (unpaired) electrons. The van der Waals surface area contributed by atoms with Crippen LogP contribution >= 0.6 is 12.2 Å². The number of nitrogens with one attached hydrogen (secondary N) is 1. The first kappa shape index (κ1) is 22.1. The summed E-state index contributed by atoms with van der Waals surface area (Å²) in [6.07, 6.45) is 4.32. The fourth-order valence-corrected chi connectivity index (χ4v) is 4.46. The van der Waals surface area contributed by atoms with Crippen molar-refractivity contribution in [3.8, 4) is 22.5 Å². The quantitative estimate of drug-likeness (QED) is 0.284. The third-order valence-electron chi connectivity index (χ3n) is 5.96. The number of aromatic amines is 1. The van der Waals surface area contributed by atoms with E-state index in [2.05, 4.69) is 9.97 Å². The zero-order chi connectivity index (χ0) is 24.6. The SMILES string of the molecule is Fc1ccc(-c2nc3cc4[nH]c(=S)n(CCc5cccnc5)c4nc3nc2-c2ccc(F)cc2)cc1. The molecule has 0 fully saturated rings. The van der Waals surface area contributed by atoms with Crippen LogP contribution in [0.3, 0.4) is 0 Å². The van der Waals surface area contributed by atoms with Gasteiger partial charge in [0.25, 0.3) is 0 Å². The third-order valence-corrected chi connectivity index (χ3v) is 6.28. The average molecular weight is 497 g/mol. The van der Waals surface area contributed by atoms with Crippen molar-refractivity contribution in [3.63, 3.8) is 0 Å². The summed E-state index contributed by atoms with van der Waals surface area (Å²) in [5, 5.41) is 0. The lowest BCUT2D eigenvalue weighted by molar-refractivity contribution is 0.627.